The molecule has 52 heavy (non-hydrogen) atoms. The van der Waals surface area contributed by atoms with Crippen molar-refractivity contribution in [1.82, 2.24) is 14.8 Å². The van der Waals surface area contributed by atoms with Gasteiger partial charge in [0.15, 0.2) is 0 Å². The van der Waals surface area contributed by atoms with Crippen LogP contribution < -0.4 is 10.9 Å². The number of halogens is 6. The fourth-order valence-corrected chi connectivity index (χ4v) is 7.25. The minimum absolute atomic E-state index is 0.0171. The standard InChI is InChI=1S/C38H39F6N3O5/c1-6-22-12-27(33-20(4)10-24(39)11-21(33)5)36(41)34(35(22)40)29(15-32(49)50)45-37(51)30(9-19(2)3)47-16-23(28(14-31(47)48)38(42,43)44)7-8-46-17-25-13-26(18-46)52-25/h1,10-12,14,16,19,25-26,29-30H,7-9,13,15,17-18H2,2-5H3,(H,45,51)(H,49,50)/t25?,26?,29-,30-/m1/s1. The van der Waals surface area contributed by atoms with Crippen molar-refractivity contribution in [2.45, 2.75) is 83.8 Å². The number of carbonyl (C=O) groups is 2. The highest BCUT2D eigenvalue weighted by Crippen LogP contribution is 2.38. The summed E-state index contributed by atoms with van der Waals surface area (Å²) in [6.45, 7) is 7.73. The number of piperidine rings is 1. The lowest BCUT2D eigenvalue weighted by Crippen LogP contribution is -2.57. The van der Waals surface area contributed by atoms with E-state index in [0.29, 0.717) is 19.2 Å². The van der Waals surface area contributed by atoms with Gasteiger partial charge in [0.1, 0.15) is 23.5 Å². The Morgan fingerprint density at radius 1 is 1.06 bits per heavy atom. The van der Waals surface area contributed by atoms with Crippen LogP contribution in [0.3, 0.4) is 0 Å². The van der Waals surface area contributed by atoms with Crippen molar-refractivity contribution in [3.8, 4) is 23.5 Å². The Balaban J connectivity index is 1.56. The molecule has 6 rings (SSSR count). The number of morpholine rings is 1. The number of carboxylic acid groups (broad SMARTS) is 1. The van der Waals surface area contributed by atoms with Gasteiger partial charge in [0.25, 0.3) is 5.56 Å². The molecule has 1 aromatic heterocycles. The van der Waals surface area contributed by atoms with Crippen LogP contribution in [0.2, 0.25) is 0 Å². The Labute approximate surface area is 296 Å². The van der Waals surface area contributed by atoms with Gasteiger partial charge in [0.05, 0.1) is 35.8 Å². The number of alkyl halides is 3. The third kappa shape index (κ3) is 8.21. The number of hydrogen-bond acceptors (Lipinski definition) is 5. The number of amides is 1. The van der Waals surface area contributed by atoms with Gasteiger partial charge >= 0.3 is 12.1 Å². The molecule has 8 nitrogen and oxygen atoms in total. The number of nitrogens with zero attached hydrogens (tertiary/aromatic N) is 2. The number of fused-ring (bicyclic) bond motifs is 2. The molecule has 4 heterocycles. The van der Waals surface area contributed by atoms with E-state index >= 15 is 8.78 Å². The predicted molar refractivity (Wildman–Crippen MR) is 180 cm³/mol. The highest BCUT2D eigenvalue weighted by Gasteiger charge is 2.40. The number of aromatic nitrogens is 1. The van der Waals surface area contributed by atoms with Crippen LogP contribution in [0, 0.1) is 49.6 Å². The third-order valence-electron chi connectivity index (χ3n) is 9.53. The molecule has 2 unspecified atom stereocenters. The van der Waals surface area contributed by atoms with Crippen molar-refractivity contribution in [3.05, 3.63) is 91.6 Å². The van der Waals surface area contributed by atoms with Crippen molar-refractivity contribution >= 4 is 11.9 Å². The molecule has 2 bridgehead atoms. The van der Waals surface area contributed by atoms with Crippen molar-refractivity contribution < 1.29 is 45.8 Å². The van der Waals surface area contributed by atoms with E-state index in [1.165, 1.54) is 13.8 Å². The maximum Gasteiger partial charge on any atom is 0.416 e. The molecular formula is C38H39F6N3O5. The summed E-state index contributed by atoms with van der Waals surface area (Å²) in [5.41, 5.74) is -3.40. The molecule has 0 spiro atoms. The number of aliphatic carboxylic acids is 1. The first-order chi connectivity index (χ1) is 24.4. The number of ether oxygens (including phenoxy) is 1. The summed E-state index contributed by atoms with van der Waals surface area (Å²) >= 11 is 0. The molecule has 3 aromatic rings. The van der Waals surface area contributed by atoms with Gasteiger partial charge in [0, 0.05) is 49.4 Å². The Bertz CT molecular complexity index is 1950. The first-order valence-corrected chi connectivity index (χ1v) is 16.9. The van der Waals surface area contributed by atoms with Crippen LogP contribution in [0.1, 0.15) is 78.6 Å². The molecule has 0 saturated carbocycles. The topological polar surface area (TPSA) is 101 Å². The molecule has 3 aliphatic rings. The van der Waals surface area contributed by atoms with Gasteiger partial charge in [-0.25, -0.2) is 13.2 Å². The predicted octanol–water partition coefficient (Wildman–Crippen LogP) is 6.48. The summed E-state index contributed by atoms with van der Waals surface area (Å²) in [6.07, 6.45) is 1.35. The zero-order valence-corrected chi connectivity index (χ0v) is 29.0. The van der Waals surface area contributed by atoms with Crippen LogP contribution in [0.15, 0.2) is 35.3 Å². The average molecular weight is 732 g/mol. The Morgan fingerprint density at radius 2 is 1.67 bits per heavy atom. The van der Waals surface area contributed by atoms with E-state index in [1.54, 1.807) is 13.8 Å². The molecule has 278 valence electrons. The lowest BCUT2D eigenvalue weighted by molar-refractivity contribution is -0.180. The van der Waals surface area contributed by atoms with E-state index in [-0.39, 0.29) is 65.3 Å². The van der Waals surface area contributed by atoms with E-state index in [4.69, 9.17) is 11.2 Å². The zero-order chi connectivity index (χ0) is 38.2. The second kappa shape index (κ2) is 15.2. The molecular weight excluding hydrogens is 692 g/mol. The van der Waals surface area contributed by atoms with Gasteiger partial charge in [0.2, 0.25) is 5.91 Å². The fraction of sp³-hybridized carbons (Fsp3) is 0.447. The maximum atomic E-state index is 16.5. The summed E-state index contributed by atoms with van der Waals surface area (Å²) in [7, 11) is 0. The number of terminal acetylenes is 1. The van der Waals surface area contributed by atoms with Crippen molar-refractivity contribution in [2.24, 2.45) is 5.92 Å². The van der Waals surface area contributed by atoms with Crippen molar-refractivity contribution in [3.63, 3.8) is 0 Å². The largest absolute Gasteiger partial charge is 0.481 e. The van der Waals surface area contributed by atoms with Gasteiger partial charge in [-0.2, -0.15) is 13.2 Å². The minimum atomic E-state index is -4.88. The van der Waals surface area contributed by atoms with Crippen LogP contribution in [0.5, 0.6) is 0 Å². The normalized spacial score (nSPS) is 18.4. The number of pyridine rings is 1. The van der Waals surface area contributed by atoms with Crippen LogP contribution in [-0.4, -0.2) is 58.3 Å². The third-order valence-corrected chi connectivity index (χ3v) is 9.53. The van der Waals surface area contributed by atoms with Crippen molar-refractivity contribution in [2.75, 3.05) is 19.6 Å². The maximum absolute atomic E-state index is 16.5. The smallest absolute Gasteiger partial charge is 0.416 e. The van der Waals surface area contributed by atoms with E-state index in [9.17, 15) is 37.1 Å². The van der Waals surface area contributed by atoms with Gasteiger partial charge in [-0.3, -0.25) is 19.3 Å². The number of aryl methyl sites for hydroxylation is 2. The second-order valence-corrected chi connectivity index (χ2v) is 14.0. The van der Waals surface area contributed by atoms with Crippen LogP contribution in [-0.2, 0) is 26.9 Å². The van der Waals surface area contributed by atoms with E-state index < -0.39 is 76.3 Å². The molecule has 0 radical (unpaired) electrons. The molecule has 3 aliphatic heterocycles. The molecule has 2 N–H and O–H groups in total. The monoisotopic (exact) mass is 731 g/mol. The summed E-state index contributed by atoms with van der Waals surface area (Å²) in [4.78, 5) is 41.4. The van der Waals surface area contributed by atoms with E-state index in [0.717, 1.165) is 35.4 Å². The molecule has 1 amide bonds. The van der Waals surface area contributed by atoms with E-state index in [1.807, 2.05) is 4.90 Å². The SMILES string of the molecule is C#Cc1cc(-c2c(C)cc(F)cc2C)c(F)c([C@@H](CC(=O)O)NC(=O)[C@@H](CC(C)C)n2cc(CCN3CC4CC(C3)O4)c(C(F)(F)F)cc2=O)c1F. The molecule has 3 saturated heterocycles. The summed E-state index contributed by atoms with van der Waals surface area (Å²) in [5.74, 6) is -4.00. The minimum Gasteiger partial charge on any atom is -0.481 e. The lowest BCUT2D eigenvalue weighted by atomic mass is 9.89. The number of carboxylic acids is 1. The van der Waals surface area contributed by atoms with E-state index in [2.05, 4.69) is 11.2 Å². The quantitative estimate of drug-likeness (QED) is 0.163. The number of benzene rings is 2. The van der Waals surface area contributed by atoms with Crippen LogP contribution in [0.4, 0.5) is 26.3 Å². The van der Waals surface area contributed by atoms with Gasteiger partial charge in [-0.1, -0.05) is 19.8 Å². The number of nitrogens with one attached hydrogen (secondary N) is 1. The lowest BCUT2D eigenvalue weighted by Gasteiger charge is -2.47. The Kier molecular flexibility index (Phi) is 11.3. The first kappa shape index (κ1) is 38.6. The molecule has 4 atom stereocenters. The van der Waals surface area contributed by atoms with Crippen LogP contribution >= 0.6 is 0 Å². The van der Waals surface area contributed by atoms with Crippen LogP contribution in [0.25, 0.3) is 11.1 Å². The number of hydrogen-bond donors (Lipinski definition) is 2. The van der Waals surface area contributed by atoms with Crippen molar-refractivity contribution in [1.29, 1.82) is 0 Å². The molecule has 3 fully saturated rings. The van der Waals surface area contributed by atoms with Gasteiger partial charge < -0.3 is 19.7 Å². The summed E-state index contributed by atoms with van der Waals surface area (Å²) in [6, 6.07) is 0.344. The molecule has 0 aliphatic carbocycles. The molecule has 14 heteroatoms. The van der Waals surface area contributed by atoms with Gasteiger partial charge in [-0.05, 0) is 73.1 Å². The number of carbonyl (C=O) groups excluding carboxylic acids is 1. The summed E-state index contributed by atoms with van der Waals surface area (Å²) in [5, 5.41) is 12.2. The molecule has 2 aromatic carbocycles. The summed E-state index contributed by atoms with van der Waals surface area (Å²) < 4.78 is 95.6. The Morgan fingerprint density at radius 3 is 2.21 bits per heavy atom. The second-order valence-electron chi connectivity index (χ2n) is 14.0. The first-order valence-electron chi connectivity index (χ1n) is 16.9. The highest BCUT2D eigenvalue weighted by molar-refractivity contribution is 5.82. The van der Waals surface area contributed by atoms with Gasteiger partial charge in [-0.15, -0.1) is 6.42 Å². The fourth-order valence-electron chi connectivity index (χ4n) is 7.25. The highest BCUT2D eigenvalue weighted by atomic mass is 19.4. The Hall–Kier alpha value is -4.61. The average Bonchev–Trinajstić information content (AvgIpc) is 3.02. The number of rotatable bonds is 12. The zero-order valence-electron chi connectivity index (χ0n) is 29.0.